The summed E-state index contributed by atoms with van der Waals surface area (Å²) in [6.07, 6.45) is 0. The van der Waals surface area contributed by atoms with Gasteiger partial charge in [-0.15, -0.1) is 0 Å². The summed E-state index contributed by atoms with van der Waals surface area (Å²) in [6, 6.07) is 28.8. The standard InChI is InChI=1S/C24H20N2O3P/c25-17-3-1-5-21(15-17)28-19-7-11-23(12-8-19)30(27)24-13-9-20(10-14-24)29-22-6-2-4-18(26)16-22/h1-16H,25-26H2/q+1. The number of nitrogens with two attached hydrogens (primary N) is 2. The first kappa shape index (κ1) is 19.5. The molecule has 0 aliphatic carbocycles. The maximum Gasteiger partial charge on any atom is 0.415 e. The van der Waals surface area contributed by atoms with Crippen molar-refractivity contribution in [2.24, 2.45) is 0 Å². The van der Waals surface area contributed by atoms with Crippen LogP contribution in [0.25, 0.3) is 0 Å². The van der Waals surface area contributed by atoms with Gasteiger partial charge in [-0.1, -0.05) is 16.7 Å². The molecule has 0 unspecified atom stereocenters. The molecule has 0 aliphatic heterocycles. The Morgan fingerprint density at radius 2 is 0.933 bits per heavy atom. The zero-order valence-electron chi connectivity index (χ0n) is 16.1. The molecule has 0 amide bonds. The van der Waals surface area contributed by atoms with Gasteiger partial charge in [0.25, 0.3) is 0 Å². The van der Waals surface area contributed by atoms with E-state index in [1.54, 1.807) is 72.8 Å². The second-order valence-corrected chi connectivity index (χ2v) is 8.25. The molecule has 0 aliphatic rings. The van der Waals surface area contributed by atoms with Gasteiger partial charge in [-0.05, 0) is 72.8 Å². The molecule has 4 aromatic rings. The summed E-state index contributed by atoms with van der Waals surface area (Å²) in [6.45, 7) is 0. The Bertz CT molecular complexity index is 1080. The molecular weight excluding hydrogens is 395 g/mol. The van der Waals surface area contributed by atoms with Gasteiger partial charge >= 0.3 is 7.80 Å². The van der Waals surface area contributed by atoms with Crippen molar-refractivity contribution < 1.29 is 14.0 Å². The fourth-order valence-electron chi connectivity index (χ4n) is 2.88. The SMILES string of the molecule is Nc1cccc(Oc2ccc([P+](=O)c3ccc(Oc4cccc(N)c4)cc3)cc2)c1. The highest BCUT2D eigenvalue weighted by atomic mass is 31.1. The first-order chi connectivity index (χ1) is 14.6. The monoisotopic (exact) mass is 415 g/mol. The molecule has 0 heterocycles. The van der Waals surface area contributed by atoms with Crippen molar-refractivity contribution >= 4 is 29.8 Å². The average Bonchev–Trinajstić information content (AvgIpc) is 2.74. The Morgan fingerprint density at radius 3 is 1.30 bits per heavy atom. The highest BCUT2D eigenvalue weighted by molar-refractivity contribution is 7.61. The molecule has 148 valence electrons. The fourth-order valence-corrected chi connectivity index (χ4v) is 4.01. The summed E-state index contributed by atoms with van der Waals surface area (Å²) in [4.78, 5) is 0. The van der Waals surface area contributed by atoms with Gasteiger partial charge in [0.05, 0.1) is 0 Å². The van der Waals surface area contributed by atoms with E-state index in [1.807, 2.05) is 24.3 Å². The molecular formula is C24H20N2O3P+. The molecule has 30 heavy (non-hydrogen) atoms. The maximum absolute atomic E-state index is 12.9. The Morgan fingerprint density at radius 1 is 0.533 bits per heavy atom. The van der Waals surface area contributed by atoms with E-state index in [-0.39, 0.29) is 0 Å². The predicted molar refractivity (Wildman–Crippen MR) is 122 cm³/mol. The lowest BCUT2D eigenvalue weighted by atomic mass is 10.3. The molecule has 0 fully saturated rings. The van der Waals surface area contributed by atoms with Crippen LogP contribution in [0.5, 0.6) is 23.0 Å². The Hall–Kier alpha value is -3.82. The summed E-state index contributed by atoms with van der Waals surface area (Å²) >= 11 is 0. The van der Waals surface area contributed by atoms with Crippen molar-refractivity contribution in [1.82, 2.24) is 0 Å². The van der Waals surface area contributed by atoms with Gasteiger partial charge in [0.2, 0.25) is 0 Å². The van der Waals surface area contributed by atoms with Crippen LogP contribution < -0.4 is 31.6 Å². The molecule has 0 bridgehead atoms. The molecule has 0 spiro atoms. The van der Waals surface area contributed by atoms with Crippen molar-refractivity contribution in [3.63, 3.8) is 0 Å². The van der Waals surface area contributed by atoms with Crippen molar-refractivity contribution in [3.8, 4) is 23.0 Å². The number of benzene rings is 4. The lowest BCUT2D eigenvalue weighted by Gasteiger charge is -2.06. The molecule has 4 rings (SSSR count). The van der Waals surface area contributed by atoms with E-state index in [0.29, 0.717) is 34.4 Å². The van der Waals surface area contributed by atoms with Gasteiger partial charge in [-0.25, -0.2) is 0 Å². The quantitative estimate of drug-likeness (QED) is 0.333. The van der Waals surface area contributed by atoms with Crippen LogP contribution in [0.1, 0.15) is 0 Å². The molecule has 0 saturated carbocycles. The van der Waals surface area contributed by atoms with E-state index in [2.05, 4.69) is 0 Å². The average molecular weight is 415 g/mol. The minimum absolute atomic E-state index is 0.635. The van der Waals surface area contributed by atoms with Gasteiger partial charge in [0.1, 0.15) is 23.0 Å². The topological polar surface area (TPSA) is 87.6 Å². The van der Waals surface area contributed by atoms with E-state index in [9.17, 15) is 4.57 Å². The van der Waals surface area contributed by atoms with E-state index >= 15 is 0 Å². The molecule has 0 saturated heterocycles. The molecule has 0 atom stereocenters. The van der Waals surface area contributed by atoms with Crippen LogP contribution in [0.4, 0.5) is 11.4 Å². The van der Waals surface area contributed by atoms with Crippen LogP contribution in [0.2, 0.25) is 0 Å². The van der Waals surface area contributed by atoms with Crippen molar-refractivity contribution in [2.75, 3.05) is 11.5 Å². The highest BCUT2D eigenvalue weighted by Crippen LogP contribution is 2.27. The van der Waals surface area contributed by atoms with Crippen LogP contribution in [-0.2, 0) is 4.57 Å². The number of hydrogen-bond donors (Lipinski definition) is 2. The predicted octanol–water partition coefficient (Wildman–Crippen LogP) is 5.21. The first-order valence-electron chi connectivity index (χ1n) is 9.31. The molecule has 0 aromatic heterocycles. The van der Waals surface area contributed by atoms with Gasteiger partial charge in [0, 0.05) is 23.5 Å². The Kier molecular flexibility index (Phi) is 5.64. The molecule has 0 radical (unpaired) electrons. The number of anilines is 2. The van der Waals surface area contributed by atoms with E-state index < -0.39 is 7.80 Å². The summed E-state index contributed by atoms with van der Waals surface area (Å²) in [5, 5.41) is 1.43. The summed E-state index contributed by atoms with van der Waals surface area (Å²) in [5.74, 6) is 2.61. The third kappa shape index (κ3) is 4.77. The van der Waals surface area contributed by atoms with Gasteiger partial charge in [0.15, 0.2) is 10.6 Å². The summed E-state index contributed by atoms with van der Waals surface area (Å²) in [5.41, 5.74) is 12.8. The van der Waals surface area contributed by atoms with Gasteiger partial charge in [-0.2, -0.15) is 0 Å². The Balaban J connectivity index is 1.43. The zero-order chi connectivity index (χ0) is 20.9. The summed E-state index contributed by atoms with van der Waals surface area (Å²) < 4.78 is 24.5. The summed E-state index contributed by atoms with van der Waals surface area (Å²) in [7, 11) is -1.73. The minimum atomic E-state index is -1.73. The van der Waals surface area contributed by atoms with Gasteiger partial charge < -0.3 is 20.9 Å². The number of nitrogen functional groups attached to an aromatic ring is 2. The van der Waals surface area contributed by atoms with Crippen LogP contribution in [0, 0.1) is 0 Å². The number of rotatable bonds is 6. The van der Waals surface area contributed by atoms with Crippen LogP contribution in [0.15, 0.2) is 97.1 Å². The molecule has 6 heteroatoms. The smallest absolute Gasteiger partial charge is 0.415 e. The highest BCUT2D eigenvalue weighted by Gasteiger charge is 2.23. The largest absolute Gasteiger partial charge is 0.457 e. The molecule has 4 N–H and O–H groups in total. The lowest BCUT2D eigenvalue weighted by Crippen LogP contribution is -2.06. The van der Waals surface area contributed by atoms with Crippen LogP contribution in [0.3, 0.4) is 0 Å². The van der Waals surface area contributed by atoms with Crippen molar-refractivity contribution in [3.05, 3.63) is 97.1 Å². The minimum Gasteiger partial charge on any atom is -0.457 e. The van der Waals surface area contributed by atoms with Crippen LogP contribution >= 0.6 is 7.80 Å². The third-order valence-electron chi connectivity index (χ3n) is 4.33. The van der Waals surface area contributed by atoms with E-state index in [4.69, 9.17) is 20.9 Å². The fraction of sp³-hybridized carbons (Fsp3) is 0. The van der Waals surface area contributed by atoms with Crippen LogP contribution in [-0.4, -0.2) is 0 Å². The number of ether oxygens (including phenoxy) is 2. The normalized spacial score (nSPS) is 10.4. The lowest BCUT2D eigenvalue weighted by molar-refractivity contribution is 0.483. The van der Waals surface area contributed by atoms with E-state index in [0.717, 1.165) is 10.6 Å². The second-order valence-electron chi connectivity index (χ2n) is 6.63. The van der Waals surface area contributed by atoms with E-state index in [1.165, 1.54) is 0 Å². The first-order valence-corrected chi connectivity index (χ1v) is 10.6. The molecule has 5 nitrogen and oxygen atoms in total. The maximum atomic E-state index is 12.9. The number of hydrogen-bond acceptors (Lipinski definition) is 5. The van der Waals surface area contributed by atoms with Crippen molar-refractivity contribution in [1.29, 1.82) is 0 Å². The zero-order valence-corrected chi connectivity index (χ0v) is 17.0. The van der Waals surface area contributed by atoms with Crippen molar-refractivity contribution in [2.45, 2.75) is 0 Å². The second kappa shape index (κ2) is 8.68. The Labute approximate surface area is 175 Å². The third-order valence-corrected chi connectivity index (χ3v) is 5.86. The van der Waals surface area contributed by atoms with Gasteiger partial charge in [-0.3, -0.25) is 0 Å². The molecule has 4 aromatic carbocycles.